The second-order valence-electron chi connectivity index (χ2n) is 20.3. The molecule has 6 aromatic rings. The average molecular weight is 1030 g/mol. The predicted octanol–water partition coefficient (Wildman–Crippen LogP) is 9.57. The Hall–Kier alpha value is -6.95. The first-order valence-electron chi connectivity index (χ1n) is 25.3. The number of fused-ring (bicyclic) bond motifs is 6. The standard InChI is InChI=1S/C31H32O8.C28H28O8/c1-15-10-21-22(11-16(15)2)29(39-31-30(38-18(4)32)28(34-5)17(3)13-35-31)20-7-8-23(33)27(20)26(21)19-6-9-24-25(12-19)37-14-36-24;1-13-7-17-18(8-14(13)2)26(36-28-24(29)25(31-4)15(3)10-33-28)19-11-32-27(30)23(19)22(17)16-5-6-20-21(9-16)35-12-34-20/h6,9-12,17,28,30-31H,7-8,13-14H2,1-5H3;5-9,15,24-25,28-29H,10-12H2,1-4H3. The molecule has 8 unspecified atom stereocenters. The highest BCUT2D eigenvalue weighted by Gasteiger charge is 2.45. The van der Waals surface area contributed by atoms with Crippen molar-refractivity contribution in [1.82, 2.24) is 0 Å². The van der Waals surface area contributed by atoms with E-state index in [-0.39, 0.29) is 37.8 Å². The minimum Gasteiger partial charge on any atom is -0.461 e. The number of hydrogen-bond donors (Lipinski definition) is 1. The van der Waals surface area contributed by atoms with Crippen LogP contribution in [0.1, 0.15) is 81.3 Å². The second-order valence-corrected chi connectivity index (χ2v) is 20.3. The van der Waals surface area contributed by atoms with Crippen molar-refractivity contribution in [2.45, 2.75) is 105 Å². The van der Waals surface area contributed by atoms with Crippen LogP contribution >= 0.6 is 0 Å². The van der Waals surface area contributed by atoms with E-state index in [1.807, 2.05) is 70.2 Å². The van der Waals surface area contributed by atoms with Gasteiger partial charge in [0.1, 0.15) is 30.3 Å². The molecule has 8 atom stereocenters. The number of cyclic esters (lactones) is 1. The minimum absolute atomic E-state index is 0.00140. The van der Waals surface area contributed by atoms with E-state index in [0.717, 1.165) is 71.6 Å². The zero-order valence-electron chi connectivity index (χ0n) is 43.4. The lowest BCUT2D eigenvalue weighted by molar-refractivity contribution is -0.241. The summed E-state index contributed by atoms with van der Waals surface area (Å²) in [5.41, 5.74) is 10.2. The number of Topliss-reactive ketones (excluding diaryl/α,β-unsaturated/α-hetero) is 1. The Morgan fingerprint density at radius 3 is 1.61 bits per heavy atom. The van der Waals surface area contributed by atoms with Crippen molar-refractivity contribution in [3.63, 3.8) is 0 Å². The summed E-state index contributed by atoms with van der Waals surface area (Å²) >= 11 is 0. The molecular formula is C59H60O16. The van der Waals surface area contributed by atoms with Crippen LogP contribution in [-0.4, -0.2) is 101 Å². The third-order valence-electron chi connectivity index (χ3n) is 15.4. The van der Waals surface area contributed by atoms with Gasteiger partial charge in [-0.15, -0.1) is 0 Å². The molecule has 0 aromatic heterocycles. The van der Waals surface area contributed by atoms with Crippen LogP contribution in [-0.2, 0) is 46.2 Å². The zero-order valence-corrected chi connectivity index (χ0v) is 43.4. The van der Waals surface area contributed by atoms with Crippen LogP contribution in [0.5, 0.6) is 34.5 Å². The summed E-state index contributed by atoms with van der Waals surface area (Å²) < 4.78 is 69.7. The summed E-state index contributed by atoms with van der Waals surface area (Å²) in [6.07, 6.45) is -3.51. The summed E-state index contributed by atoms with van der Waals surface area (Å²) in [6, 6.07) is 19.7. The third kappa shape index (κ3) is 8.85. The summed E-state index contributed by atoms with van der Waals surface area (Å²) in [4.78, 5) is 38.6. The molecule has 0 spiro atoms. The van der Waals surface area contributed by atoms with Gasteiger partial charge in [-0.1, -0.05) is 38.1 Å². The van der Waals surface area contributed by atoms with Gasteiger partial charge in [-0.3, -0.25) is 9.59 Å². The highest BCUT2D eigenvalue weighted by molar-refractivity contribution is 6.16. The van der Waals surface area contributed by atoms with E-state index in [1.54, 1.807) is 14.2 Å². The number of carbonyl (C=O) groups excluding carboxylic acids is 3. The van der Waals surface area contributed by atoms with Gasteiger partial charge in [-0.2, -0.15) is 0 Å². The van der Waals surface area contributed by atoms with Crippen LogP contribution in [0, 0.1) is 39.5 Å². The number of aliphatic hydroxyl groups excluding tert-OH is 1. The van der Waals surface area contributed by atoms with E-state index in [2.05, 4.69) is 32.0 Å². The topological polar surface area (TPSA) is 182 Å². The van der Waals surface area contributed by atoms with Crippen molar-refractivity contribution in [2.75, 3.05) is 41.0 Å². The molecule has 0 bridgehead atoms. The van der Waals surface area contributed by atoms with Gasteiger partial charge in [0.05, 0.1) is 24.9 Å². The smallest absolute Gasteiger partial charge is 0.339 e. The molecule has 0 radical (unpaired) electrons. The summed E-state index contributed by atoms with van der Waals surface area (Å²) in [5.74, 6) is 2.91. The molecule has 1 N–H and O–H groups in total. The molecule has 6 aliphatic rings. The number of ether oxygens (including phenoxy) is 12. The van der Waals surface area contributed by atoms with Crippen LogP contribution in [0.2, 0.25) is 0 Å². The lowest BCUT2D eigenvalue weighted by Gasteiger charge is -2.40. The van der Waals surface area contributed by atoms with Gasteiger partial charge in [0.25, 0.3) is 0 Å². The molecule has 0 saturated carbocycles. The van der Waals surface area contributed by atoms with Gasteiger partial charge in [0.15, 0.2) is 34.9 Å². The van der Waals surface area contributed by atoms with E-state index < -0.39 is 48.9 Å². The molecule has 0 amide bonds. The third-order valence-corrected chi connectivity index (χ3v) is 15.4. The number of methoxy groups -OCH3 is 2. The molecule has 5 aliphatic heterocycles. The zero-order chi connectivity index (χ0) is 52.6. The number of aliphatic hydroxyl groups is 1. The van der Waals surface area contributed by atoms with E-state index in [4.69, 9.17) is 56.8 Å². The van der Waals surface area contributed by atoms with Crippen molar-refractivity contribution >= 4 is 39.3 Å². The van der Waals surface area contributed by atoms with Gasteiger partial charge >= 0.3 is 11.9 Å². The predicted molar refractivity (Wildman–Crippen MR) is 274 cm³/mol. The molecule has 5 heterocycles. The molecule has 75 heavy (non-hydrogen) atoms. The maximum atomic E-state index is 13.5. The van der Waals surface area contributed by atoms with Crippen LogP contribution in [0.15, 0.2) is 60.7 Å². The van der Waals surface area contributed by atoms with E-state index in [0.29, 0.717) is 77.2 Å². The average Bonchev–Trinajstić information content (AvgIpc) is 4.26. The normalized spacial score (nSPS) is 24.1. The lowest BCUT2D eigenvalue weighted by atomic mass is 9.87. The summed E-state index contributed by atoms with van der Waals surface area (Å²) in [6.45, 7) is 14.6. The van der Waals surface area contributed by atoms with Crippen LogP contribution in [0.4, 0.5) is 0 Å². The molecule has 2 fully saturated rings. The fourth-order valence-electron chi connectivity index (χ4n) is 11.3. The van der Waals surface area contributed by atoms with Gasteiger partial charge in [0.2, 0.25) is 26.2 Å². The van der Waals surface area contributed by atoms with E-state index in [9.17, 15) is 19.5 Å². The fourth-order valence-corrected chi connectivity index (χ4v) is 11.3. The fraction of sp³-hybridized carbons (Fsp3) is 0.407. The maximum Gasteiger partial charge on any atom is 0.339 e. The Balaban J connectivity index is 0.000000161. The number of aryl methyl sites for hydroxylation is 4. The second kappa shape index (κ2) is 20.0. The largest absolute Gasteiger partial charge is 0.461 e. The number of hydrogen-bond acceptors (Lipinski definition) is 16. The summed E-state index contributed by atoms with van der Waals surface area (Å²) in [5, 5.41) is 14.4. The van der Waals surface area contributed by atoms with Gasteiger partial charge < -0.3 is 61.9 Å². The quantitative estimate of drug-likeness (QED) is 0.135. The highest BCUT2D eigenvalue weighted by Crippen LogP contribution is 2.50. The minimum atomic E-state index is -0.998. The number of esters is 2. The van der Waals surface area contributed by atoms with Crippen LogP contribution in [0.3, 0.4) is 0 Å². The monoisotopic (exact) mass is 1020 g/mol. The molecule has 16 nitrogen and oxygen atoms in total. The van der Waals surface area contributed by atoms with E-state index >= 15 is 0 Å². The molecule has 12 rings (SSSR count). The van der Waals surface area contributed by atoms with E-state index in [1.165, 1.54) is 6.92 Å². The van der Waals surface area contributed by atoms with Crippen molar-refractivity contribution in [2.24, 2.45) is 11.8 Å². The first-order chi connectivity index (χ1) is 36.1. The number of carbonyl (C=O) groups is 3. The van der Waals surface area contributed by atoms with Crippen LogP contribution < -0.4 is 28.4 Å². The first kappa shape index (κ1) is 50.2. The van der Waals surface area contributed by atoms with Crippen molar-refractivity contribution in [3.05, 3.63) is 105 Å². The molecule has 392 valence electrons. The van der Waals surface area contributed by atoms with Crippen molar-refractivity contribution < 1.29 is 76.3 Å². The van der Waals surface area contributed by atoms with Gasteiger partial charge in [0, 0.05) is 78.0 Å². The highest BCUT2D eigenvalue weighted by atomic mass is 16.7. The number of benzene rings is 6. The number of ketones is 1. The molecule has 2 saturated heterocycles. The van der Waals surface area contributed by atoms with Crippen LogP contribution in [0.25, 0.3) is 43.8 Å². The van der Waals surface area contributed by atoms with Gasteiger partial charge in [-0.05, 0) is 115 Å². The van der Waals surface area contributed by atoms with Crippen molar-refractivity contribution in [1.29, 1.82) is 0 Å². The van der Waals surface area contributed by atoms with Gasteiger partial charge in [-0.25, -0.2) is 4.79 Å². The Morgan fingerprint density at radius 1 is 0.560 bits per heavy atom. The molecular weight excluding hydrogens is 965 g/mol. The lowest BCUT2D eigenvalue weighted by Crippen LogP contribution is -2.54. The van der Waals surface area contributed by atoms with Crippen molar-refractivity contribution in [3.8, 4) is 56.8 Å². The Kier molecular flexibility index (Phi) is 13.4. The maximum absolute atomic E-state index is 13.5. The molecule has 1 aliphatic carbocycles. The first-order valence-corrected chi connectivity index (χ1v) is 25.3. The number of rotatable bonds is 9. The molecule has 6 aromatic carbocycles. The Morgan fingerprint density at radius 2 is 1.05 bits per heavy atom. The Bertz CT molecular complexity index is 3310. The molecule has 16 heteroatoms. The Labute approximate surface area is 433 Å². The SMILES string of the molecule is COC1C(C)COC(Oc2c3c(c(-c4ccc5c(c4)OCO5)c4cc(C)c(C)cc24)C(=O)CC3)C1OC(C)=O.COC1C(C)COC(Oc2c3c(c(-c4ccc5c(c4)OCO5)c4cc(C)c(C)cc24)C(=O)OC3)C1O. The summed E-state index contributed by atoms with van der Waals surface area (Å²) in [7, 11) is 3.16.